The van der Waals surface area contributed by atoms with Crippen LogP contribution in [0.25, 0.3) is 67.1 Å². The molecule has 8 rings (SSSR count). The van der Waals surface area contributed by atoms with Gasteiger partial charge >= 0.3 is 0 Å². The maximum Gasteiger partial charge on any atom is 0.160 e. The van der Waals surface area contributed by atoms with Crippen molar-refractivity contribution in [3.8, 4) is 56.2 Å². The first kappa shape index (κ1) is 23.5. The minimum absolute atomic E-state index is 0.723. The van der Waals surface area contributed by atoms with E-state index in [1.54, 1.807) is 0 Å². The van der Waals surface area contributed by atoms with Crippen molar-refractivity contribution in [2.45, 2.75) is 6.42 Å². The van der Waals surface area contributed by atoms with Crippen LogP contribution in [0.5, 0.6) is 0 Å². The monoisotopic (exact) mass is 523 g/mol. The molecule has 0 unspecified atom stereocenters. The fourth-order valence-corrected chi connectivity index (χ4v) is 6.01. The van der Waals surface area contributed by atoms with Gasteiger partial charge in [-0.2, -0.15) is 0 Å². The molecule has 0 aliphatic heterocycles. The SMILES string of the molecule is c1ccc(-c2nc(-c3cccc(-c4cccc(-c5nccc6c5Cc5ccccc5-6)c4)c3)nc3ccccc23)cc1. The average molecular weight is 524 g/mol. The Morgan fingerprint density at radius 3 is 2.02 bits per heavy atom. The molecule has 2 aromatic heterocycles. The van der Waals surface area contributed by atoms with Crippen LogP contribution >= 0.6 is 0 Å². The van der Waals surface area contributed by atoms with Gasteiger partial charge in [0, 0.05) is 34.7 Å². The molecule has 192 valence electrons. The van der Waals surface area contributed by atoms with E-state index in [-0.39, 0.29) is 0 Å². The normalized spacial score (nSPS) is 11.8. The Kier molecular flexibility index (Phi) is 5.53. The van der Waals surface area contributed by atoms with Crippen LogP contribution in [-0.2, 0) is 6.42 Å². The number of fused-ring (bicyclic) bond motifs is 4. The Bertz CT molecular complexity index is 2080. The van der Waals surface area contributed by atoms with Crippen molar-refractivity contribution in [1.82, 2.24) is 15.0 Å². The molecule has 0 atom stereocenters. The molecule has 1 aliphatic rings. The Morgan fingerprint density at radius 2 is 1.15 bits per heavy atom. The number of pyridine rings is 1. The van der Waals surface area contributed by atoms with Crippen molar-refractivity contribution in [3.63, 3.8) is 0 Å². The lowest BCUT2D eigenvalue weighted by atomic mass is 9.96. The van der Waals surface area contributed by atoms with Crippen molar-refractivity contribution in [1.29, 1.82) is 0 Å². The van der Waals surface area contributed by atoms with Gasteiger partial charge in [0.25, 0.3) is 0 Å². The van der Waals surface area contributed by atoms with Crippen LogP contribution in [0, 0.1) is 0 Å². The second-order valence-corrected chi connectivity index (χ2v) is 10.5. The number of hydrogen-bond donors (Lipinski definition) is 0. The van der Waals surface area contributed by atoms with Gasteiger partial charge in [-0.05, 0) is 57.6 Å². The second-order valence-electron chi connectivity index (χ2n) is 10.5. The molecule has 0 amide bonds. The van der Waals surface area contributed by atoms with Gasteiger partial charge in [0.2, 0.25) is 0 Å². The van der Waals surface area contributed by atoms with Gasteiger partial charge in [0.15, 0.2) is 5.82 Å². The van der Waals surface area contributed by atoms with E-state index in [9.17, 15) is 0 Å². The fraction of sp³-hybridized carbons (Fsp3) is 0.0263. The minimum atomic E-state index is 0.723. The first-order chi connectivity index (χ1) is 20.3. The van der Waals surface area contributed by atoms with E-state index in [1.807, 2.05) is 24.4 Å². The highest BCUT2D eigenvalue weighted by molar-refractivity contribution is 5.93. The summed E-state index contributed by atoms with van der Waals surface area (Å²) in [5.41, 5.74) is 13.7. The zero-order valence-electron chi connectivity index (χ0n) is 22.3. The highest BCUT2D eigenvalue weighted by atomic mass is 14.9. The van der Waals surface area contributed by atoms with Crippen LogP contribution in [0.3, 0.4) is 0 Å². The molecule has 7 aromatic rings. The van der Waals surface area contributed by atoms with Crippen LogP contribution < -0.4 is 0 Å². The van der Waals surface area contributed by atoms with E-state index in [1.165, 1.54) is 22.3 Å². The highest BCUT2D eigenvalue weighted by Crippen LogP contribution is 2.41. The summed E-state index contributed by atoms with van der Waals surface area (Å²) in [6.07, 6.45) is 2.85. The summed E-state index contributed by atoms with van der Waals surface area (Å²) in [5.74, 6) is 0.723. The standard InChI is InChI=1S/C38H25N3/c1-2-10-25(11-3-1)37-33-18-6-7-19-35(33)40-38(41-37)30-16-9-14-27(23-30)26-13-8-15-29(22-26)36-34-24-28-12-4-5-17-31(28)32(34)20-21-39-36/h1-23H,24H2. The van der Waals surface area contributed by atoms with Gasteiger partial charge in [-0.15, -0.1) is 0 Å². The van der Waals surface area contributed by atoms with Crippen molar-refractivity contribution in [2.24, 2.45) is 0 Å². The molecule has 41 heavy (non-hydrogen) atoms. The van der Waals surface area contributed by atoms with Gasteiger partial charge in [-0.3, -0.25) is 4.98 Å². The molecule has 0 N–H and O–H groups in total. The average Bonchev–Trinajstić information content (AvgIpc) is 3.44. The number of benzene rings is 5. The van der Waals surface area contributed by atoms with Gasteiger partial charge in [-0.1, -0.05) is 109 Å². The molecule has 0 spiro atoms. The Hall–Kier alpha value is -5.41. The summed E-state index contributed by atoms with van der Waals surface area (Å²) in [4.78, 5) is 14.9. The van der Waals surface area contributed by atoms with E-state index in [2.05, 4.69) is 115 Å². The first-order valence-electron chi connectivity index (χ1n) is 13.9. The molecule has 3 heteroatoms. The summed E-state index contributed by atoms with van der Waals surface area (Å²) in [6, 6.07) is 46.6. The highest BCUT2D eigenvalue weighted by Gasteiger charge is 2.22. The summed E-state index contributed by atoms with van der Waals surface area (Å²) < 4.78 is 0. The van der Waals surface area contributed by atoms with Gasteiger partial charge < -0.3 is 0 Å². The third kappa shape index (κ3) is 4.11. The summed E-state index contributed by atoms with van der Waals surface area (Å²) >= 11 is 0. The molecular weight excluding hydrogens is 498 g/mol. The van der Waals surface area contributed by atoms with E-state index in [0.29, 0.717) is 0 Å². The zero-order valence-corrected chi connectivity index (χ0v) is 22.3. The van der Waals surface area contributed by atoms with E-state index >= 15 is 0 Å². The van der Waals surface area contributed by atoms with Gasteiger partial charge in [0.05, 0.1) is 16.9 Å². The minimum Gasteiger partial charge on any atom is -0.256 e. The largest absolute Gasteiger partial charge is 0.256 e. The van der Waals surface area contributed by atoms with Crippen LogP contribution in [0.1, 0.15) is 11.1 Å². The number of hydrogen-bond acceptors (Lipinski definition) is 3. The quantitative estimate of drug-likeness (QED) is 0.231. The molecule has 3 nitrogen and oxygen atoms in total. The van der Waals surface area contributed by atoms with E-state index in [0.717, 1.165) is 62.4 Å². The number of rotatable bonds is 4. The Balaban J connectivity index is 1.21. The second kappa shape index (κ2) is 9.65. The molecule has 2 heterocycles. The zero-order chi connectivity index (χ0) is 27.2. The molecule has 0 saturated heterocycles. The van der Waals surface area contributed by atoms with Crippen LogP contribution in [0.4, 0.5) is 0 Å². The molecular formula is C38H25N3. The van der Waals surface area contributed by atoms with E-state index in [4.69, 9.17) is 15.0 Å². The molecule has 0 fully saturated rings. The predicted octanol–water partition coefficient (Wildman–Crippen LogP) is 9.26. The third-order valence-electron chi connectivity index (χ3n) is 7.97. The number of para-hydroxylation sites is 1. The van der Waals surface area contributed by atoms with Crippen molar-refractivity contribution >= 4 is 10.9 Å². The lowest BCUT2D eigenvalue weighted by Gasteiger charge is -2.12. The molecule has 5 aromatic carbocycles. The number of aromatic nitrogens is 3. The Labute approximate surface area is 238 Å². The maximum absolute atomic E-state index is 5.08. The summed E-state index contributed by atoms with van der Waals surface area (Å²) in [6.45, 7) is 0. The van der Waals surface area contributed by atoms with Crippen LogP contribution in [-0.4, -0.2) is 15.0 Å². The Morgan fingerprint density at radius 1 is 0.463 bits per heavy atom. The van der Waals surface area contributed by atoms with E-state index < -0.39 is 0 Å². The van der Waals surface area contributed by atoms with Crippen molar-refractivity contribution in [3.05, 3.63) is 151 Å². The topological polar surface area (TPSA) is 38.7 Å². The third-order valence-corrected chi connectivity index (χ3v) is 7.97. The summed E-state index contributed by atoms with van der Waals surface area (Å²) in [5, 5.41) is 1.05. The number of nitrogens with zero attached hydrogens (tertiary/aromatic N) is 3. The fourth-order valence-electron chi connectivity index (χ4n) is 6.01. The van der Waals surface area contributed by atoms with Crippen LogP contribution in [0.15, 0.2) is 140 Å². The molecule has 0 saturated carbocycles. The molecule has 0 radical (unpaired) electrons. The van der Waals surface area contributed by atoms with Crippen molar-refractivity contribution < 1.29 is 0 Å². The smallest absolute Gasteiger partial charge is 0.160 e. The predicted molar refractivity (Wildman–Crippen MR) is 167 cm³/mol. The van der Waals surface area contributed by atoms with Crippen molar-refractivity contribution in [2.75, 3.05) is 0 Å². The lowest BCUT2D eigenvalue weighted by molar-refractivity contribution is 1.20. The van der Waals surface area contributed by atoms with Gasteiger partial charge in [-0.25, -0.2) is 9.97 Å². The van der Waals surface area contributed by atoms with Crippen LogP contribution in [0.2, 0.25) is 0 Å². The lowest BCUT2D eigenvalue weighted by Crippen LogP contribution is -1.95. The maximum atomic E-state index is 5.08. The van der Waals surface area contributed by atoms with Gasteiger partial charge in [0.1, 0.15) is 0 Å². The molecule has 1 aliphatic carbocycles. The summed E-state index contributed by atoms with van der Waals surface area (Å²) in [7, 11) is 0. The first-order valence-corrected chi connectivity index (χ1v) is 13.9. The molecule has 0 bridgehead atoms.